The van der Waals surface area contributed by atoms with Crippen LogP contribution in [0.25, 0.3) is 18.5 Å². The van der Waals surface area contributed by atoms with Gasteiger partial charge in [0, 0.05) is 11.9 Å². The molecule has 0 saturated carbocycles. The number of para-hydroxylation sites is 1. The van der Waals surface area contributed by atoms with Gasteiger partial charge in [-0.2, -0.15) is 0 Å². The third-order valence-corrected chi connectivity index (χ3v) is 3.93. The predicted molar refractivity (Wildman–Crippen MR) is 97.7 cm³/mol. The second kappa shape index (κ2) is 6.70. The highest BCUT2D eigenvalue weighted by Gasteiger charge is 2.09. The number of H-pyrrole nitrogens is 1. The lowest BCUT2D eigenvalue weighted by atomic mass is 10.2. The maximum absolute atomic E-state index is 12.5. The normalized spacial score (nSPS) is 11.5. The Bertz CT molecular complexity index is 1100. The third-order valence-electron chi connectivity index (χ3n) is 3.60. The number of aromatic amines is 1. The smallest absolute Gasteiger partial charge is 0.337 e. The molecule has 3 rings (SSSR count). The Morgan fingerprint density at radius 3 is 2.64 bits per heavy atom. The molecule has 126 valence electrons. The minimum absolute atomic E-state index is 0.0225. The number of nitrogens with zero attached hydrogens (tertiary/aromatic N) is 1. The molecule has 3 N–H and O–H groups in total. The molecule has 7 heteroatoms. The van der Waals surface area contributed by atoms with Crippen molar-refractivity contribution in [2.24, 2.45) is 0 Å². The molecule has 0 atom stereocenters. The number of aromatic nitrogens is 2. The van der Waals surface area contributed by atoms with Crippen LogP contribution in [-0.2, 0) is 0 Å². The lowest BCUT2D eigenvalue weighted by Gasteiger charge is -2.03. The van der Waals surface area contributed by atoms with E-state index in [0.29, 0.717) is 21.9 Å². The minimum atomic E-state index is -1.13. The zero-order valence-corrected chi connectivity index (χ0v) is 13.7. The van der Waals surface area contributed by atoms with E-state index in [1.807, 2.05) is 18.2 Å². The second-order valence-corrected chi connectivity index (χ2v) is 5.68. The van der Waals surface area contributed by atoms with Crippen molar-refractivity contribution in [2.75, 3.05) is 5.32 Å². The number of anilines is 1. The van der Waals surface area contributed by atoms with Gasteiger partial charge in [0.25, 0.3) is 5.56 Å². The van der Waals surface area contributed by atoms with Crippen molar-refractivity contribution in [3.8, 4) is 5.69 Å². The monoisotopic (exact) mass is 355 g/mol. The van der Waals surface area contributed by atoms with Gasteiger partial charge in [-0.3, -0.25) is 9.89 Å². The van der Waals surface area contributed by atoms with E-state index in [4.69, 9.17) is 16.7 Å². The first-order chi connectivity index (χ1) is 12.0. The average molecular weight is 356 g/mol. The number of halogens is 1. The van der Waals surface area contributed by atoms with Gasteiger partial charge >= 0.3 is 5.97 Å². The van der Waals surface area contributed by atoms with E-state index in [1.54, 1.807) is 18.2 Å². The molecule has 6 nitrogen and oxygen atoms in total. The molecule has 0 radical (unpaired) electrons. The maximum Gasteiger partial charge on any atom is 0.337 e. The van der Waals surface area contributed by atoms with Crippen molar-refractivity contribution in [2.45, 2.75) is 0 Å². The van der Waals surface area contributed by atoms with Crippen LogP contribution in [0.2, 0.25) is 5.02 Å². The zero-order valence-electron chi connectivity index (χ0n) is 13.0. The van der Waals surface area contributed by atoms with Gasteiger partial charge in [0.05, 0.1) is 26.8 Å². The van der Waals surface area contributed by atoms with Crippen molar-refractivity contribution >= 4 is 36.0 Å². The van der Waals surface area contributed by atoms with Crippen LogP contribution >= 0.6 is 11.6 Å². The van der Waals surface area contributed by atoms with Gasteiger partial charge in [-0.25, -0.2) is 9.48 Å². The number of carbonyl (C=O) groups is 1. The first-order valence-corrected chi connectivity index (χ1v) is 7.70. The van der Waals surface area contributed by atoms with Gasteiger partial charge in [-0.15, -0.1) is 0 Å². The summed E-state index contributed by atoms with van der Waals surface area (Å²) in [5.74, 6) is -1.13. The number of hydrogen-bond acceptors (Lipinski definition) is 3. The van der Waals surface area contributed by atoms with Crippen LogP contribution in [0, 0.1) is 0 Å². The summed E-state index contributed by atoms with van der Waals surface area (Å²) in [6.45, 7) is 3.84. The van der Waals surface area contributed by atoms with Crippen LogP contribution in [0.5, 0.6) is 0 Å². The van der Waals surface area contributed by atoms with E-state index in [1.165, 1.54) is 23.0 Å². The van der Waals surface area contributed by atoms with Crippen LogP contribution in [0.15, 0.2) is 53.3 Å². The lowest BCUT2D eigenvalue weighted by Crippen LogP contribution is -2.34. The first kappa shape index (κ1) is 16.6. The molecule has 0 aliphatic carbocycles. The summed E-state index contributed by atoms with van der Waals surface area (Å²) in [5, 5.41) is 15.8. The Balaban J connectivity index is 2.00. The maximum atomic E-state index is 12.5. The molecule has 0 bridgehead atoms. The number of aromatic carboxylic acids is 1. The quantitative estimate of drug-likeness (QED) is 0.665. The average Bonchev–Trinajstić information content (AvgIpc) is 2.89. The molecule has 0 fully saturated rings. The molecule has 0 aliphatic rings. The Hall–Kier alpha value is -3.25. The molecular formula is C18H14ClN3O3. The van der Waals surface area contributed by atoms with Crippen LogP contribution < -0.4 is 21.4 Å². The van der Waals surface area contributed by atoms with Gasteiger partial charge in [0.1, 0.15) is 0 Å². The van der Waals surface area contributed by atoms with E-state index in [9.17, 15) is 9.59 Å². The zero-order chi connectivity index (χ0) is 18.0. The summed E-state index contributed by atoms with van der Waals surface area (Å²) in [7, 11) is 0. The molecule has 0 aliphatic heterocycles. The summed E-state index contributed by atoms with van der Waals surface area (Å²) in [4.78, 5) is 23.7. The SMILES string of the molecule is C=c1[nH]n(-c2ccccc2)c(=O)/c1=C\Nc1ccc(Cl)c(C(=O)O)c1. The molecule has 2 aromatic carbocycles. The number of carboxylic acids is 1. The van der Waals surface area contributed by atoms with Crippen molar-refractivity contribution in [3.63, 3.8) is 0 Å². The van der Waals surface area contributed by atoms with Crippen LogP contribution in [0.1, 0.15) is 10.4 Å². The highest BCUT2D eigenvalue weighted by atomic mass is 35.5. The summed E-state index contributed by atoms with van der Waals surface area (Å²) < 4.78 is 1.39. The van der Waals surface area contributed by atoms with Crippen molar-refractivity contribution in [3.05, 3.63) is 80.0 Å². The first-order valence-electron chi connectivity index (χ1n) is 7.32. The summed E-state index contributed by atoms with van der Waals surface area (Å²) >= 11 is 5.84. The van der Waals surface area contributed by atoms with E-state index >= 15 is 0 Å². The molecule has 1 aromatic heterocycles. The number of hydrogen-bond donors (Lipinski definition) is 3. The largest absolute Gasteiger partial charge is 0.478 e. The predicted octanol–water partition coefficient (Wildman–Crippen LogP) is 1.78. The minimum Gasteiger partial charge on any atom is -0.478 e. The van der Waals surface area contributed by atoms with Gasteiger partial charge in [-0.05, 0) is 30.3 Å². The number of nitrogens with one attached hydrogen (secondary N) is 2. The van der Waals surface area contributed by atoms with Gasteiger partial charge in [0.15, 0.2) is 0 Å². The second-order valence-electron chi connectivity index (χ2n) is 5.27. The Morgan fingerprint density at radius 2 is 1.96 bits per heavy atom. The standard InChI is InChI=1S/C18H14ClN3O3/c1-11-15(17(23)22(21-11)13-5-3-2-4-6-13)10-20-12-7-8-16(19)14(9-12)18(24)25/h2-10,20-21H,1H2,(H,24,25)/b15-10-. The fraction of sp³-hybridized carbons (Fsp3) is 0. The molecule has 25 heavy (non-hydrogen) atoms. The molecule has 1 heterocycles. The van der Waals surface area contributed by atoms with E-state index in [2.05, 4.69) is 17.0 Å². The molecule has 3 aromatic rings. The number of carboxylic acid groups (broad SMARTS) is 1. The molecule has 0 amide bonds. The van der Waals surface area contributed by atoms with Crippen LogP contribution in [0.3, 0.4) is 0 Å². The van der Waals surface area contributed by atoms with Crippen LogP contribution in [0.4, 0.5) is 5.69 Å². The summed E-state index contributed by atoms with van der Waals surface area (Å²) in [6, 6.07) is 13.6. The van der Waals surface area contributed by atoms with Crippen molar-refractivity contribution in [1.29, 1.82) is 0 Å². The molecule has 0 saturated heterocycles. The Morgan fingerprint density at radius 1 is 1.24 bits per heavy atom. The number of rotatable bonds is 4. The summed E-state index contributed by atoms with van der Waals surface area (Å²) in [5.41, 5.74) is 0.895. The molecule has 0 unspecified atom stereocenters. The topological polar surface area (TPSA) is 87.1 Å². The lowest BCUT2D eigenvalue weighted by molar-refractivity contribution is 0.0697. The fourth-order valence-corrected chi connectivity index (χ4v) is 2.54. The van der Waals surface area contributed by atoms with Gasteiger partial charge < -0.3 is 10.4 Å². The summed E-state index contributed by atoms with van der Waals surface area (Å²) in [6.07, 6.45) is 1.48. The van der Waals surface area contributed by atoms with E-state index in [0.717, 1.165) is 0 Å². The van der Waals surface area contributed by atoms with E-state index in [-0.39, 0.29) is 16.1 Å². The highest BCUT2D eigenvalue weighted by Crippen LogP contribution is 2.20. The Kier molecular flexibility index (Phi) is 4.45. The molecular weight excluding hydrogens is 342 g/mol. The van der Waals surface area contributed by atoms with Gasteiger partial charge in [-0.1, -0.05) is 36.4 Å². The third kappa shape index (κ3) is 3.34. The van der Waals surface area contributed by atoms with E-state index < -0.39 is 5.97 Å². The van der Waals surface area contributed by atoms with Crippen molar-refractivity contribution in [1.82, 2.24) is 9.78 Å². The fourth-order valence-electron chi connectivity index (χ4n) is 2.34. The molecule has 0 spiro atoms. The highest BCUT2D eigenvalue weighted by molar-refractivity contribution is 6.33. The van der Waals surface area contributed by atoms with Crippen molar-refractivity contribution < 1.29 is 9.90 Å². The van der Waals surface area contributed by atoms with Crippen LogP contribution in [-0.4, -0.2) is 20.9 Å². The Labute approximate surface area is 147 Å². The number of benzene rings is 2. The van der Waals surface area contributed by atoms with Gasteiger partial charge in [0.2, 0.25) is 0 Å².